The number of hydrogen-bond donors (Lipinski definition) is 1. The zero-order chi connectivity index (χ0) is 12.4. The normalized spacial score (nSPS) is 10.3. The molecule has 4 heteroatoms. The summed E-state index contributed by atoms with van der Waals surface area (Å²) in [5.74, 6) is -0.0689. The molecule has 0 bridgehead atoms. The van der Waals surface area contributed by atoms with Crippen LogP contribution in [0.15, 0.2) is 34.1 Å². The molecule has 2 nitrogen and oxygen atoms in total. The van der Waals surface area contributed by atoms with Crippen molar-refractivity contribution in [3.8, 4) is 0 Å². The molecule has 88 valence electrons. The second-order valence-electron chi connectivity index (χ2n) is 3.80. The van der Waals surface area contributed by atoms with Crippen molar-refractivity contribution in [1.29, 1.82) is 0 Å². The summed E-state index contributed by atoms with van der Waals surface area (Å²) < 4.78 is 0.838. The van der Waals surface area contributed by atoms with E-state index in [0.717, 1.165) is 15.7 Å². The van der Waals surface area contributed by atoms with E-state index in [2.05, 4.69) is 21.2 Å². The molecule has 0 aliphatic carbocycles. The number of benzene rings is 1. The molecule has 2 rings (SSSR count). The number of halogens is 1. The number of carbonyl (C=O) groups excluding carboxylic acids is 1. The molecule has 17 heavy (non-hydrogen) atoms. The maximum absolute atomic E-state index is 12.0. The van der Waals surface area contributed by atoms with Gasteiger partial charge in [-0.3, -0.25) is 4.79 Å². The third-order valence-electron chi connectivity index (χ3n) is 2.68. The number of aryl methyl sites for hydroxylation is 1. The average molecular weight is 310 g/mol. The topological polar surface area (TPSA) is 29.1 Å². The Morgan fingerprint density at radius 2 is 2.06 bits per heavy atom. The lowest BCUT2D eigenvalue weighted by atomic mass is 10.1. The molecule has 1 aromatic carbocycles. The van der Waals surface area contributed by atoms with Crippen LogP contribution in [0.5, 0.6) is 0 Å². The Labute approximate surface area is 113 Å². The van der Waals surface area contributed by atoms with Crippen molar-refractivity contribution in [3.05, 3.63) is 50.1 Å². The molecule has 2 aromatic rings. The van der Waals surface area contributed by atoms with Crippen LogP contribution in [0, 0.1) is 13.8 Å². The Balaban J connectivity index is 2.25. The van der Waals surface area contributed by atoms with Crippen LogP contribution < -0.4 is 5.32 Å². The largest absolute Gasteiger partial charge is 0.321 e. The lowest BCUT2D eigenvalue weighted by Gasteiger charge is -2.09. The molecule has 1 N–H and O–H groups in total. The number of amides is 1. The molecule has 0 spiro atoms. The lowest BCUT2D eigenvalue weighted by Crippen LogP contribution is -2.12. The number of thiophene rings is 1. The summed E-state index contributed by atoms with van der Waals surface area (Å²) in [6.45, 7) is 4.04. The van der Waals surface area contributed by atoms with Crippen molar-refractivity contribution in [2.75, 3.05) is 5.32 Å². The summed E-state index contributed by atoms with van der Waals surface area (Å²) in [5.41, 5.74) is 3.15. The van der Waals surface area contributed by atoms with Crippen molar-refractivity contribution in [1.82, 2.24) is 0 Å². The molecule has 1 aromatic heterocycles. The summed E-state index contributed by atoms with van der Waals surface area (Å²) in [7, 11) is 0. The number of rotatable bonds is 2. The van der Waals surface area contributed by atoms with Crippen LogP contribution in [-0.2, 0) is 0 Å². The van der Waals surface area contributed by atoms with Crippen LogP contribution in [0.3, 0.4) is 0 Å². The predicted molar refractivity (Wildman–Crippen MR) is 75.9 cm³/mol. The lowest BCUT2D eigenvalue weighted by molar-refractivity contribution is 0.103. The molecular formula is C13H12BrNOS. The van der Waals surface area contributed by atoms with Gasteiger partial charge in [0.1, 0.15) is 4.88 Å². The maximum atomic E-state index is 12.0. The van der Waals surface area contributed by atoms with E-state index < -0.39 is 0 Å². The van der Waals surface area contributed by atoms with E-state index in [0.29, 0.717) is 4.88 Å². The van der Waals surface area contributed by atoms with Gasteiger partial charge >= 0.3 is 0 Å². The van der Waals surface area contributed by atoms with Crippen LogP contribution in [0.25, 0.3) is 0 Å². The third kappa shape index (κ3) is 2.58. The maximum Gasteiger partial charge on any atom is 0.266 e. The van der Waals surface area contributed by atoms with Gasteiger partial charge in [0.2, 0.25) is 0 Å². The first-order valence-corrected chi connectivity index (χ1v) is 6.87. The fourth-order valence-corrected chi connectivity index (χ4v) is 2.97. The Hall–Kier alpha value is -1.13. The Kier molecular flexibility index (Phi) is 3.64. The number of hydrogen-bond acceptors (Lipinski definition) is 2. The minimum Gasteiger partial charge on any atom is -0.321 e. The molecule has 1 heterocycles. The van der Waals surface area contributed by atoms with E-state index in [1.165, 1.54) is 16.9 Å². The van der Waals surface area contributed by atoms with Gasteiger partial charge in [-0.2, -0.15) is 0 Å². The SMILES string of the molecule is Cc1cccc(NC(=O)c2sccc2Br)c1C. The minimum absolute atomic E-state index is 0.0689. The van der Waals surface area contributed by atoms with Crippen molar-refractivity contribution >= 4 is 38.9 Å². The molecule has 0 atom stereocenters. The predicted octanol–water partition coefficient (Wildman–Crippen LogP) is 4.38. The highest BCUT2D eigenvalue weighted by atomic mass is 79.9. The van der Waals surface area contributed by atoms with E-state index >= 15 is 0 Å². The quantitative estimate of drug-likeness (QED) is 0.876. The van der Waals surface area contributed by atoms with Gasteiger partial charge in [0.05, 0.1) is 0 Å². The molecular weight excluding hydrogens is 298 g/mol. The van der Waals surface area contributed by atoms with E-state index in [4.69, 9.17) is 0 Å². The molecule has 0 unspecified atom stereocenters. The summed E-state index contributed by atoms with van der Waals surface area (Å²) in [5, 5.41) is 4.83. The highest BCUT2D eigenvalue weighted by Gasteiger charge is 2.12. The molecule has 0 radical (unpaired) electrons. The third-order valence-corrected chi connectivity index (χ3v) is 4.51. The molecule has 0 aliphatic heterocycles. The van der Waals surface area contributed by atoms with E-state index in [-0.39, 0.29) is 5.91 Å². The summed E-state index contributed by atoms with van der Waals surface area (Å²) in [6.07, 6.45) is 0. The van der Waals surface area contributed by atoms with Gasteiger partial charge < -0.3 is 5.32 Å². The van der Waals surface area contributed by atoms with Gasteiger partial charge in [0, 0.05) is 10.2 Å². The van der Waals surface area contributed by atoms with Crippen molar-refractivity contribution in [3.63, 3.8) is 0 Å². The Bertz CT molecular complexity index is 562. The van der Waals surface area contributed by atoms with Gasteiger partial charge in [-0.15, -0.1) is 11.3 Å². The van der Waals surface area contributed by atoms with Crippen LogP contribution in [0.1, 0.15) is 20.8 Å². The zero-order valence-corrected chi connectivity index (χ0v) is 12.0. The van der Waals surface area contributed by atoms with E-state index in [1.807, 2.05) is 43.5 Å². The molecule has 0 aliphatic rings. The van der Waals surface area contributed by atoms with Crippen LogP contribution in [0.4, 0.5) is 5.69 Å². The molecule has 0 fully saturated rings. The second kappa shape index (κ2) is 5.02. The van der Waals surface area contributed by atoms with Crippen LogP contribution in [0.2, 0.25) is 0 Å². The fraction of sp³-hybridized carbons (Fsp3) is 0.154. The Morgan fingerprint density at radius 1 is 1.29 bits per heavy atom. The van der Waals surface area contributed by atoms with Gasteiger partial charge in [-0.25, -0.2) is 0 Å². The van der Waals surface area contributed by atoms with E-state index in [9.17, 15) is 4.79 Å². The highest BCUT2D eigenvalue weighted by Crippen LogP contribution is 2.25. The minimum atomic E-state index is -0.0689. The van der Waals surface area contributed by atoms with Crippen molar-refractivity contribution in [2.45, 2.75) is 13.8 Å². The smallest absolute Gasteiger partial charge is 0.266 e. The van der Waals surface area contributed by atoms with Gasteiger partial charge in [0.25, 0.3) is 5.91 Å². The fourth-order valence-electron chi connectivity index (χ4n) is 1.52. The number of anilines is 1. The van der Waals surface area contributed by atoms with Gasteiger partial charge in [-0.05, 0) is 58.4 Å². The first-order valence-electron chi connectivity index (χ1n) is 5.20. The Morgan fingerprint density at radius 3 is 2.71 bits per heavy atom. The average Bonchev–Trinajstić information content (AvgIpc) is 2.71. The molecule has 1 amide bonds. The number of carbonyl (C=O) groups is 1. The first kappa shape index (κ1) is 12.3. The second-order valence-corrected chi connectivity index (χ2v) is 5.57. The first-order chi connectivity index (χ1) is 8.09. The van der Waals surface area contributed by atoms with Gasteiger partial charge in [0.15, 0.2) is 0 Å². The summed E-state index contributed by atoms with van der Waals surface area (Å²) in [6, 6.07) is 7.78. The van der Waals surface area contributed by atoms with Crippen molar-refractivity contribution in [2.24, 2.45) is 0 Å². The summed E-state index contributed by atoms with van der Waals surface area (Å²) in [4.78, 5) is 12.7. The highest BCUT2D eigenvalue weighted by molar-refractivity contribution is 9.10. The number of nitrogens with one attached hydrogen (secondary N) is 1. The standard InChI is InChI=1S/C13H12BrNOS/c1-8-4-3-5-11(9(8)2)15-13(16)12-10(14)6-7-17-12/h3-7H,1-2H3,(H,15,16). The molecule has 0 saturated carbocycles. The monoisotopic (exact) mass is 309 g/mol. The zero-order valence-electron chi connectivity index (χ0n) is 9.58. The van der Waals surface area contributed by atoms with E-state index in [1.54, 1.807) is 0 Å². The van der Waals surface area contributed by atoms with Gasteiger partial charge in [-0.1, -0.05) is 12.1 Å². The van der Waals surface area contributed by atoms with Crippen LogP contribution in [-0.4, -0.2) is 5.91 Å². The summed E-state index contributed by atoms with van der Waals surface area (Å²) >= 11 is 4.79. The van der Waals surface area contributed by atoms with Crippen molar-refractivity contribution < 1.29 is 4.79 Å². The molecule has 0 saturated heterocycles. The van der Waals surface area contributed by atoms with Crippen LogP contribution >= 0.6 is 27.3 Å².